The maximum Gasteiger partial charge on any atom is 0.226 e. The van der Waals surface area contributed by atoms with Crippen molar-refractivity contribution < 1.29 is 19.7 Å². The lowest BCUT2D eigenvalue weighted by Crippen LogP contribution is -2.48. The fraction of sp³-hybridized carbons (Fsp3) is 0.500. The number of nitrogens with two attached hydrogens (primary N) is 1. The minimum atomic E-state index is -0.834. The first-order chi connectivity index (χ1) is 8.06. The lowest BCUT2D eigenvalue weighted by molar-refractivity contribution is -0.228. The van der Waals surface area contributed by atoms with Crippen molar-refractivity contribution in [1.29, 1.82) is 0 Å². The lowest BCUT2D eigenvalue weighted by atomic mass is 10.0. The summed E-state index contributed by atoms with van der Waals surface area (Å²) in [4.78, 5) is 0. The molecule has 2 rings (SSSR count). The van der Waals surface area contributed by atoms with Crippen molar-refractivity contribution in [3.8, 4) is 5.75 Å². The van der Waals surface area contributed by atoms with Gasteiger partial charge in [-0.25, -0.2) is 0 Å². The molecule has 4 atom stereocenters. The van der Waals surface area contributed by atoms with Crippen LogP contribution in [0.1, 0.15) is 13.3 Å². The topological polar surface area (TPSA) is 84.9 Å². The van der Waals surface area contributed by atoms with Crippen LogP contribution in [-0.4, -0.2) is 34.8 Å². The van der Waals surface area contributed by atoms with Gasteiger partial charge in [0.15, 0.2) is 0 Å². The number of anilines is 1. The average Bonchev–Trinajstić information content (AvgIpc) is 2.29. The molecule has 0 saturated carbocycles. The molecule has 1 heterocycles. The van der Waals surface area contributed by atoms with E-state index >= 15 is 0 Å². The first kappa shape index (κ1) is 12.2. The van der Waals surface area contributed by atoms with Crippen LogP contribution < -0.4 is 10.5 Å². The minimum absolute atomic E-state index is 0.251. The van der Waals surface area contributed by atoms with Gasteiger partial charge in [0.05, 0.1) is 12.2 Å². The molecule has 4 N–H and O–H groups in total. The van der Waals surface area contributed by atoms with Crippen molar-refractivity contribution in [3.05, 3.63) is 24.3 Å². The maximum atomic E-state index is 9.74. The molecule has 0 radical (unpaired) electrons. The van der Waals surface area contributed by atoms with E-state index in [1.54, 1.807) is 31.2 Å². The summed E-state index contributed by atoms with van der Waals surface area (Å²) in [5, 5.41) is 19.2. The Balaban J connectivity index is 2.00. The highest BCUT2D eigenvalue weighted by Gasteiger charge is 2.35. The van der Waals surface area contributed by atoms with E-state index in [-0.39, 0.29) is 12.5 Å². The summed E-state index contributed by atoms with van der Waals surface area (Å²) >= 11 is 0. The Kier molecular flexibility index (Phi) is 3.51. The molecule has 5 nitrogen and oxygen atoms in total. The highest BCUT2D eigenvalue weighted by Crippen LogP contribution is 2.23. The molecule has 0 unspecified atom stereocenters. The molecule has 0 amide bonds. The van der Waals surface area contributed by atoms with Gasteiger partial charge in [-0.1, -0.05) is 0 Å². The van der Waals surface area contributed by atoms with Crippen LogP contribution >= 0.6 is 0 Å². The van der Waals surface area contributed by atoms with E-state index < -0.39 is 18.5 Å². The second-order valence-corrected chi connectivity index (χ2v) is 4.27. The van der Waals surface area contributed by atoms with Crippen LogP contribution in [0.2, 0.25) is 0 Å². The Morgan fingerprint density at radius 3 is 2.53 bits per heavy atom. The van der Waals surface area contributed by atoms with Gasteiger partial charge in [0.1, 0.15) is 11.9 Å². The summed E-state index contributed by atoms with van der Waals surface area (Å²) in [6.45, 7) is 1.75. The third-order valence-corrected chi connectivity index (χ3v) is 2.82. The molecule has 0 aromatic heterocycles. The number of aliphatic hydroxyl groups excluding tert-OH is 2. The SMILES string of the molecule is C[C@@H]1O[C@@H](Oc2ccc(N)cc2)[C@H](O)C[C@H]1O. The smallest absolute Gasteiger partial charge is 0.226 e. The molecule has 1 fully saturated rings. The number of aliphatic hydroxyl groups is 2. The van der Waals surface area contributed by atoms with Gasteiger partial charge >= 0.3 is 0 Å². The molecule has 0 aliphatic carbocycles. The summed E-state index contributed by atoms with van der Waals surface area (Å²) in [6.07, 6.45) is -2.34. The molecule has 1 aliphatic rings. The van der Waals surface area contributed by atoms with Gasteiger partial charge < -0.3 is 25.4 Å². The Bertz CT molecular complexity index is 367. The van der Waals surface area contributed by atoms with Gasteiger partial charge in [0.25, 0.3) is 0 Å². The second-order valence-electron chi connectivity index (χ2n) is 4.27. The van der Waals surface area contributed by atoms with Crippen LogP contribution in [0.3, 0.4) is 0 Å². The predicted molar refractivity (Wildman–Crippen MR) is 62.4 cm³/mol. The summed E-state index contributed by atoms with van der Waals surface area (Å²) in [7, 11) is 0. The molecule has 5 heteroatoms. The molecule has 1 aromatic rings. The van der Waals surface area contributed by atoms with E-state index in [0.29, 0.717) is 11.4 Å². The normalized spacial score (nSPS) is 33.4. The Morgan fingerprint density at radius 1 is 1.24 bits per heavy atom. The highest BCUT2D eigenvalue weighted by molar-refractivity contribution is 5.41. The largest absolute Gasteiger partial charge is 0.462 e. The fourth-order valence-corrected chi connectivity index (χ4v) is 1.73. The van der Waals surface area contributed by atoms with Gasteiger partial charge in [-0.15, -0.1) is 0 Å². The van der Waals surface area contributed by atoms with Gasteiger partial charge in [0, 0.05) is 12.1 Å². The zero-order valence-corrected chi connectivity index (χ0v) is 9.61. The summed E-state index contributed by atoms with van der Waals surface area (Å²) in [5.74, 6) is 0.576. The first-order valence-electron chi connectivity index (χ1n) is 5.60. The highest BCUT2D eigenvalue weighted by atomic mass is 16.7. The zero-order chi connectivity index (χ0) is 12.4. The Labute approximate surface area is 99.8 Å². The zero-order valence-electron chi connectivity index (χ0n) is 9.61. The van der Waals surface area contributed by atoms with Gasteiger partial charge in [-0.2, -0.15) is 0 Å². The van der Waals surface area contributed by atoms with Crippen molar-refractivity contribution in [2.75, 3.05) is 5.73 Å². The number of benzene rings is 1. The number of rotatable bonds is 2. The quantitative estimate of drug-likeness (QED) is 0.655. The fourth-order valence-electron chi connectivity index (χ4n) is 1.73. The summed E-state index contributed by atoms with van der Waals surface area (Å²) in [5.41, 5.74) is 6.20. The molecule has 0 bridgehead atoms. The van der Waals surface area contributed by atoms with Crippen LogP contribution in [0.4, 0.5) is 5.69 Å². The number of nitrogen functional groups attached to an aromatic ring is 1. The molecular formula is C12H17NO4. The number of ether oxygens (including phenoxy) is 2. The van der Waals surface area contributed by atoms with Crippen LogP contribution in [0.25, 0.3) is 0 Å². The summed E-state index contributed by atoms with van der Waals surface area (Å²) < 4.78 is 10.9. The number of hydrogen-bond donors (Lipinski definition) is 3. The molecule has 0 spiro atoms. The molecule has 17 heavy (non-hydrogen) atoms. The van der Waals surface area contributed by atoms with Gasteiger partial charge in [-0.3, -0.25) is 0 Å². The van der Waals surface area contributed by atoms with E-state index in [4.69, 9.17) is 15.2 Å². The third-order valence-electron chi connectivity index (χ3n) is 2.82. The molecule has 1 aromatic carbocycles. The predicted octanol–water partition coefficient (Wildman–Crippen LogP) is 0.504. The Morgan fingerprint density at radius 2 is 1.88 bits per heavy atom. The Hall–Kier alpha value is -1.30. The molecule has 1 saturated heterocycles. The summed E-state index contributed by atoms with van der Waals surface area (Å²) in [6, 6.07) is 6.84. The van der Waals surface area contributed by atoms with E-state index in [1.807, 2.05) is 0 Å². The van der Waals surface area contributed by atoms with Crippen LogP contribution in [0.15, 0.2) is 24.3 Å². The van der Waals surface area contributed by atoms with Crippen LogP contribution in [0, 0.1) is 0 Å². The minimum Gasteiger partial charge on any atom is -0.462 e. The van der Waals surface area contributed by atoms with Crippen molar-refractivity contribution in [1.82, 2.24) is 0 Å². The van der Waals surface area contributed by atoms with Gasteiger partial charge in [0.2, 0.25) is 6.29 Å². The molecular weight excluding hydrogens is 222 g/mol. The average molecular weight is 239 g/mol. The van der Waals surface area contributed by atoms with E-state index in [2.05, 4.69) is 0 Å². The third kappa shape index (κ3) is 2.88. The monoisotopic (exact) mass is 239 g/mol. The number of hydrogen-bond acceptors (Lipinski definition) is 5. The van der Waals surface area contributed by atoms with Crippen molar-refractivity contribution in [3.63, 3.8) is 0 Å². The van der Waals surface area contributed by atoms with Crippen molar-refractivity contribution in [2.45, 2.75) is 37.9 Å². The van der Waals surface area contributed by atoms with Gasteiger partial charge in [-0.05, 0) is 31.2 Å². The van der Waals surface area contributed by atoms with E-state index in [1.165, 1.54) is 0 Å². The molecule has 94 valence electrons. The maximum absolute atomic E-state index is 9.74. The first-order valence-corrected chi connectivity index (χ1v) is 5.60. The standard InChI is InChI=1S/C12H17NO4/c1-7-10(14)6-11(15)12(16-7)17-9-4-2-8(13)3-5-9/h2-5,7,10-12,14-15H,6,13H2,1H3/t7-,10+,11+,12-/m0/s1. The van der Waals surface area contributed by atoms with Crippen LogP contribution in [0.5, 0.6) is 5.75 Å². The lowest BCUT2D eigenvalue weighted by Gasteiger charge is -2.35. The van der Waals surface area contributed by atoms with E-state index in [9.17, 15) is 10.2 Å². The van der Waals surface area contributed by atoms with Crippen molar-refractivity contribution in [2.24, 2.45) is 0 Å². The van der Waals surface area contributed by atoms with Crippen molar-refractivity contribution >= 4 is 5.69 Å². The molecule has 1 aliphatic heterocycles. The van der Waals surface area contributed by atoms with Crippen LogP contribution in [-0.2, 0) is 4.74 Å². The second kappa shape index (κ2) is 4.91. The van der Waals surface area contributed by atoms with E-state index in [0.717, 1.165) is 0 Å².